The van der Waals surface area contributed by atoms with Gasteiger partial charge in [0.2, 0.25) is 5.91 Å². The van der Waals surface area contributed by atoms with E-state index in [2.05, 4.69) is 5.32 Å². The Kier molecular flexibility index (Phi) is 5.96. The van der Waals surface area contributed by atoms with Gasteiger partial charge in [0.1, 0.15) is 12.4 Å². The molecular formula is C14H18FNO4. The van der Waals surface area contributed by atoms with Gasteiger partial charge in [-0.3, -0.25) is 4.79 Å². The fourth-order valence-electron chi connectivity index (χ4n) is 1.69. The topological polar surface area (TPSA) is 75.6 Å². The van der Waals surface area contributed by atoms with E-state index in [4.69, 9.17) is 9.84 Å². The van der Waals surface area contributed by atoms with Crippen molar-refractivity contribution in [3.8, 4) is 5.75 Å². The van der Waals surface area contributed by atoms with Crippen LogP contribution < -0.4 is 10.1 Å². The van der Waals surface area contributed by atoms with Crippen LogP contribution in [0.2, 0.25) is 0 Å². The van der Waals surface area contributed by atoms with Crippen LogP contribution in [-0.2, 0) is 16.0 Å². The van der Waals surface area contributed by atoms with Gasteiger partial charge in [-0.1, -0.05) is 19.1 Å². The lowest BCUT2D eigenvalue weighted by atomic mass is 10.00. The predicted octanol–water partition coefficient (Wildman–Crippen LogP) is 1.41. The highest BCUT2D eigenvalue weighted by Gasteiger charge is 2.22. The molecule has 1 aromatic rings. The highest BCUT2D eigenvalue weighted by molar-refractivity contribution is 5.85. The minimum atomic E-state index is -1.49. The SMILES string of the molecule is COc1ccc(CC(C)C(=O)NC(CF)C(=O)O)cc1. The van der Waals surface area contributed by atoms with Gasteiger partial charge in [-0.2, -0.15) is 0 Å². The normalized spacial score (nSPS) is 13.3. The molecule has 1 amide bonds. The van der Waals surface area contributed by atoms with Gasteiger partial charge in [-0.15, -0.1) is 0 Å². The van der Waals surface area contributed by atoms with Crippen molar-refractivity contribution >= 4 is 11.9 Å². The molecule has 110 valence electrons. The molecule has 0 aliphatic heterocycles. The van der Waals surface area contributed by atoms with Crippen molar-refractivity contribution in [3.05, 3.63) is 29.8 Å². The van der Waals surface area contributed by atoms with E-state index in [9.17, 15) is 14.0 Å². The second-order valence-electron chi connectivity index (χ2n) is 4.51. The number of benzene rings is 1. The van der Waals surface area contributed by atoms with E-state index in [0.717, 1.165) is 5.56 Å². The van der Waals surface area contributed by atoms with Crippen LogP contribution in [0.3, 0.4) is 0 Å². The van der Waals surface area contributed by atoms with E-state index in [-0.39, 0.29) is 0 Å². The number of aliphatic carboxylic acids is 1. The zero-order valence-electron chi connectivity index (χ0n) is 11.4. The maximum absolute atomic E-state index is 12.4. The number of nitrogens with one attached hydrogen (secondary N) is 1. The van der Waals surface area contributed by atoms with E-state index in [1.165, 1.54) is 0 Å². The van der Waals surface area contributed by atoms with E-state index in [0.29, 0.717) is 12.2 Å². The second kappa shape index (κ2) is 7.47. The Morgan fingerprint density at radius 2 is 1.95 bits per heavy atom. The molecule has 0 saturated carbocycles. The smallest absolute Gasteiger partial charge is 0.328 e. The minimum absolute atomic E-state index is 0.439. The minimum Gasteiger partial charge on any atom is -0.497 e. The van der Waals surface area contributed by atoms with Crippen LogP contribution >= 0.6 is 0 Å². The summed E-state index contributed by atoms with van der Waals surface area (Å²) in [5.41, 5.74) is 0.917. The third kappa shape index (κ3) is 4.53. The summed E-state index contributed by atoms with van der Waals surface area (Å²) in [7, 11) is 1.56. The monoisotopic (exact) mass is 283 g/mol. The standard InChI is InChI=1S/C14H18FNO4/c1-9(13(17)16-12(8-15)14(18)19)7-10-3-5-11(20-2)6-4-10/h3-6,9,12H,7-8H2,1-2H3,(H,16,17)(H,18,19). The van der Waals surface area contributed by atoms with Gasteiger partial charge in [0.05, 0.1) is 7.11 Å². The van der Waals surface area contributed by atoms with Gasteiger partial charge >= 0.3 is 5.97 Å². The fraction of sp³-hybridized carbons (Fsp3) is 0.429. The molecule has 0 aliphatic carbocycles. The van der Waals surface area contributed by atoms with Crippen LogP contribution in [0, 0.1) is 5.92 Å². The van der Waals surface area contributed by atoms with Gasteiger partial charge in [-0.25, -0.2) is 9.18 Å². The van der Waals surface area contributed by atoms with Gasteiger partial charge in [0.25, 0.3) is 0 Å². The summed E-state index contributed by atoms with van der Waals surface area (Å²) in [6.45, 7) is 0.535. The molecule has 0 bridgehead atoms. The third-order valence-corrected chi connectivity index (χ3v) is 2.92. The quantitative estimate of drug-likeness (QED) is 0.793. The molecule has 6 heteroatoms. The van der Waals surface area contributed by atoms with Crippen molar-refractivity contribution in [2.45, 2.75) is 19.4 Å². The molecule has 0 aliphatic rings. The molecule has 2 unspecified atom stereocenters. The summed E-state index contributed by atoms with van der Waals surface area (Å²) in [5, 5.41) is 10.9. The number of amides is 1. The van der Waals surface area contributed by atoms with E-state index < -0.39 is 30.5 Å². The van der Waals surface area contributed by atoms with Crippen LogP contribution in [0.1, 0.15) is 12.5 Å². The van der Waals surface area contributed by atoms with E-state index in [1.54, 1.807) is 26.2 Å². The Morgan fingerprint density at radius 3 is 2.40 bits per heavy atom. The Bertz CT molecular complexity index is 461. The summed E-state index contributed by atoms with van der Waals surface area (Å²) in [4.78, 5) is 22.4. The van der Waals surface area contributed by atoms with Crippen molar-refractivity contribution in [1.82, 2.24) is 5.32 Å². The molecule has 0 heterocycles. The van der Waals surface area contributed by atoms with E-state index in [1.807, 2.05) is 12.1 Å². The van der Waals surface area contributed by atoms with Crippen LogP contribution in [0.4, 0.5) is 4.39 Å². The molecular weight excluding hydrogens is 265 g/mol. The van der Waals surface area contributed by atoms with Crippen LogP contribution in [0.5, 0.6) is 5.75 Å². The molecule has 0 spiro atoms. The largest absolute Gasteiger partial charge is 0.497 e. The molecule has 0 saturated heterocycles. The van der Waals surface area contributed by atoms with Gasteiger partial charge in [-0.05, 0) is 24.1 Å². The second-order valence-corrected chi connectivity index (χ2v) is 4.51. The van der Waals surface area contributed by atoms with Gasteiger partial charge in [0, 0.05) is 5.92 Å². The maximum Gasteiger partial charge on any atom is 0.328 e. The summed E-state index contributed by atoms with van der Waals surface area (Å²) >= 11 is 0. The lowest BCUT2D eigenvalue weighted by Gasteiger charge is -2.15. The summed E-state index contributed by atoms with van der Waals surface area (Å²) < 4.78 is 17.5. The first-order chi connectivity index (χ1) is 9.47. The van der Waals surface area contributed by atoms with Crippen molar-refractivity contribution < 1.29 is 23.8 Å². The first-order valence-corrected chi connectivity index (χ1v) is 6.20. The van der Waals surface area contributed by atoms with Gasteiger partial charge in [0.15, 0.2) is 6.04 Å². The van der Waals surface area contributed by atoms with Crippen LogP contribution in [0.15, 0.2) is 24.3 Å². The van der Waals surface area contributed by atoms with Crippen LogP contribution in [-0.4, -0.2) is 36.8 Å². The maximum atomic E-state index is 12.4. The van der Waals surface area contributed by atoms with Crippen molar-refractivity contribution in [2.24, 2.45) is 5.92 Å². The average molecular weight is 283 g/mol. The number of rotatable bonds is 7. The fourth-order valence-corrected chi connectivity index (χ4v) is 1.69. The van der Waals surface area contributed by atoms with Crippen LogP contribution in [0.25, 0.3) is 0 Å². The number of ether oxygens (including phenoxy) is 1. The van der Waals surface area contributed by atoms with Crippen molar-refractivity contribution in [3.63, 3.8) is 0 Å². The highest BCUT2D eigenvalue weighted by Crippen LogP contribution is 2.14. The number of alkyl halides is 1. The summed E-state index contributed by atoms with van der Waals surface area (Å²) in [6.07, 6.45) is 0.439. The molecule has 1 aromatic carbocycles. The zero-order chi connectivity index (χ0) is 15.1. The Balaban J connectivity index is 2.58. The number of carbonyl (C=O) groups excluding carboxylic acids is 1. The molecule has 1 rings (SSSR count). The molecule has 2 atom stereocenters. The highest BCUT2D eigenvalue weighted by atomic mass is 19.1. The molecule has 20 heavy (non-hydrogen) atoms. The summed E-state index contributed by atoms with van der Waals surface area (Å²) in [5.74, 6) is -1.59. The van der Waals surface area contributed by atoms with Crippen molar-refractivity contribution in [2.75, 3.05) is 13.8 Å². The number of carbonyl (C=O) groups is 2. The van der Waals surface area contributed by atoms with Crippen molar-refractivity contribution in [1.29, 1.82) is 0 Å². The first kappa shape index (κ1) is 15.9. The number of hydrogen-bond donors (Lipinski definition) is 2. The molecule has 5 nitrogen and oxygen atoms in total. The zero-order valence-corrected chi connectivity index (χ0v) is 11.4. The molecule has 0 radical (unpaired) electrons. The van der Waals surface area contributed by atoms with Gasteiger partial charge < -0.3 is 15.2 Å². The average Bonchev–Trinajstić information content (AvgIpc) is 2.44. The lowest BCUT2D eigenvalue weighted by molar-refractivity contribution is -0.142. The number of carboxylic acids is 1. The first-order valence-electron chi connectivity index (χ1n) is 6.20. The number of hydrogen-bond acceptors (Lipinski definition) is 3. The van der Waals surface area contributed by atoms with E-state index >= 15 is 0 Å². The number of halogens is 1. The predicted molar refractivity (Wildman–Crippen MR) is 71.4 cm³/mol. The Morgan fingerprint density at radius 1 is 1.35 bits per heavy atom. The molecule has 0 fully saturated rings. The molecule has 2 N–H and O–H groups in total. The Hall–Kier alpha value is -2.11. The summed E-state index contributed by atoms with van der Waals surface area (Å²) in [6, 6.07) is 5.73. The number of carboxylic acid groups (broad SMARTS) is 1. The number of methoxy groups -OCH3 is 1. The Labute approximate surface area is 116 Å². The third-order valence-electron chi connectivity index (χ3n) is 2.92. The molecule has 0 aromatic heterocycles. The lowest BCUT2D eigenvalue weighted by Crippen LogP contribution is -2.44.